The molecule has 0 heterocycles. The monoisotopic (exact) mass is 328 g/mol. The van der Waals surface area contributed by atoms with E-state index in [4.69, 9.17) is 5.73 Å². The SMILES string of the molecule is CC(C)CCN[C@@H](CC1CCCCC1)[C@@H](O)CC(CO)C(N)=O. The molecule has 1 aliphatic carbocycles. The van der Waals surface area contributed by atoms with E-state index in [1.807, 2.05) is 0 Å². The van der Waals surface area contributed by atoms with Gasteiger partial charge in [0.15, 0.2) is 0 Å². The minimum atomic E-state index is -0.661. The van der Waals surface area contributed by atoms with Gasteiger partial charge in [-0.25, -0.2) is 0 Å². The Labute approximate surface area is 141 Å². The lowest BCUT2D eigenvalue weighted by Gasteiger charge is -2.31. The van der Waals surface area contributed by atoms with Gasteiger partial charge in [-0.15, -0.1) is 0 Å². The van der Waals surface area contributed by atoms with Crippen molar-refractivity contribution in [3.8, 4) is 0 Å². The van der Waals surface area contributed by atoms with Crippen LogP contribution in [0, 0.1) is 17.8 Å². The van der Waals surface area contributed by atoms with Gasteiger partial charge >= 0.3 is 0 Å². The fourth-order valence-corrected chi connectivity index (χ4v) is 3.45. The highest BCUT2D eigenvalue weighted by Gasteiger charge is 2.28. The minimum absolute atomic E-state index is 0.0229. The Morgan fingerprint density at radius 1 is 1.26 bits per heavy atom. The van der Waals surface area contributed by atoms with E-state index < -0.39 is 17.9 Å². The Morgan fingerprint density at radius 2 is 1.91 bits per heavy atom. The zero-order chi connectivity index (χ0) is 17.2. The average Bonchev–Trinajstić information content (AvgIpc) is 2.51. The van der Waals surface area contributed by atoms with Crippen molar-refractivity contribution in [2.45, 2.75) is 77.4 Å². The molecule has 3 atom stereocenters. The molecule has 0 aromatic rings. The van der Waals surface area contributed by atoms with Gasteiger partial charge in [-0.3, -0.25) is 4.79 Å². The molecule has 0 saturated heterocycles. The van der Waals surface area contributed by atoms with Crippen molar-refractivity contribution in [3.63, 3.8) is 0 Å². The van der Waals surface area contributed by atoms with E-state index in [0.29, 0.717) is 11.8 Å². The third-order valence-corrected chi connectivity index (χ3v) is 5.05. The van der Waals surface area contributed by atoms with Crippen LogP contribution in [0.5, 0.6) is 0 Å². The predicted octanol–water partition coefficient (Wildman–Crippen LogP) is 1.81. The fraction of sp³-hybridized carbons (Fsp3) is 0.944. The van der Waals surface area contributed by atoms with Crippen LogP contribution in [0.2, 0.25) is 0 Å². The largest absolute Gasteiger partial charge is 0.396 e. The normalized spacial score (nSPS) is 20.4. The summed E-state index contributed by atoms with van der Waals surface area (Å²) < 4.78 is 0. The molecule has 0 aromatic carbocycles. The average molecular weight is 328 g/mol. The number of carbonyl (C=O) groups is 1. The van der Waals surface area contributed by atoms with E-state index in [1.165, 1.54) is 32.1 Å². The summed E-state index contributed by atoms with van der Waals surface area (Å²) in [5.74, 6) is 0.0674. The first-order valence-corrected chi connectivity index (χ1v) is 9.25. The molecule has 1 fully saturated rings. The number of amides is 1. The van der Waals surface area contributed by atoms with Crippen molar-refractivity contribution in [2.75, 3.05) is 13.2 Å². The van der Waals surface area contributed by atoms with E-state index in [2.05, 4.69) is 19.2 Å². The summed E-state index contributed by atoms with van der Waals surface area (Å²) in [5, 5.41) is 23.3. The topological polar surface area (TPSA) is 95.6 Å². The summed E-state index contributed by atoms with van der Waals surface area (Å²) >= 11 is 0. The maximum Gasteiger partial charge on any atom is 0.222 e. The summed E-state index contributed by atoms with van der Waals surface area (Å²) in [7, 11) is 0. The molecular formula is C18H36N2O3. The Hall–Kier alpha value is -0.650. The van der Waals surface area contributed by atoms with Gasteiger partial charge in [0.25, 0.3) is 0 Å². The fourth-order valence-electron chi connectivity index (χ4n) is 3.45. The summed E-state index contributed by atoms with van der Waals surface area (Å²) in [6.07, 6.45) is 7.93. The molecule has 0 aliphatic heterocycles. The molecule has 1 rings (SSSR count). The molecule has 5 heteroatoms. The molecule has 1 unspecified atom stereocenters. The summed E-state index contributed by atoms with van der Waals surface area (Å²) in [4.78, 5) is 11.3. The van der Waals surface area contributed by atoms with Gasteiger partial charge in [0, 0.05) is 6.04 Å². The van der Waals surface area contributed by atoms with Gasteiger partial charge < -0.3 is 21.3 Å². The molecule has 5 nitrogen and oxygen atoms in total. The van der Waals surface area contributed by atoms with Crippen LogP contribution in [-0.4, -0.2) is 41.4 Å². The van der Waals surface area contributed by atoms with E-state index >= 15 is 0 Å². The molecule has 0 radical (unpaired) electrons. The number of nitrogens with one attached hydrogen (secondary N) is 1. The first-order valence-electron chi connectivity index (χ1n) is 9.25. The molecule has 1 amide bonds. The Morgan fingerprint density at radius 3 is 2.43 bits per heavy atom. The highest BCUT2D eigenvalue weighted by molar-refractivity contribution is 5.76. The second kappa shape index (κ2) is 11.0. The highest BCUT2D eigenvalue weighted by Crippen LogP contribution is 2.28. The van der Waals surface area contributed by atoms with Crippen molar-refractivity contribution in [1.29, 1.82) is 0 Å². The number of hydrogen-bond donors (Lipinski definition) is 4. The smallest absolute Gasteiger partial charge is 0.222 e. The quantitative estimate of drug-likeness (QED) is 0.465. The number of primary amides is 1. The number of aliphatic hydroxyl groups excluding tert-OH is 2. The third-order valence-electron chi connectivity index (χ3n) is 5.05. The lowest BCUT2D eigenvalue weighted by atomic mass is 9.82. The lowest BCUT2D eigenvalue weighted by Crippen LogP contribution is -2.44. The third kappa shape index (κ3) is 8.13. The predicted molar refractivity (Wildman–Crippen MR) is 92.8 cm³/mol. The second-order valence-corrected chi connectivity index (χ2v) is 7.57. The molecule has 23 heavy (non-hydrogen) atoms. The molecular weight excluding hydrogens is 292 g/mol. The maximum absolute atomic E-state index is 11.3. The van der Waals surface area contributed by atoms with Crippen LogP contribution in [0.3, 0.4) is 0 Å². The standard InChI is InChI=1S/C18H36N2O3/c1-13(2)8-9-20-16(10-14-6-4-3-5-7-14)17(22)11-15(12-21)18(19)23/h13-17,20-22H,3-12H2,1-2H3,(H2,19,23)/t15?,16-,17-/m0/s1. The second-order valence-electron chi connectivity index (χ2n) is 7.57. The summed E-state index contributed by atoms with van der Waals surface area (Å²) in [6, 6.07) is -0.0229. The van der Waals surface area contributed by atoms with Crippen LogP contribution in [0.15, 0.2) is 0 Å². The van der Waals surface area contributed by atoms with Gasteiger partial charge in [-0.05, 0) is 37.6 Å². The molecule has 0 aromatic heterocycles. The van der Waals surface area contributed by atoms with Gasteiger partial charge in [0.1, 0.15) is 0 Å². The Bertz CT molecular complexity index is 330. The first kappa shape index (κ1) is 20.4. The molecule has 1 aliphatic rings. The van der Waals surface area contributed by atoms with Crippen LogP contribution < -0.4 is 11.1 Å². The zero-order valence-corrected chi connectivity index (χ0v) is 14.8. The minimum Gasteiger partial charge on any atom is -0.396 e. The van der Waals surface area contributed by atoms with Crippen molar-refractivity contribution in [3.05, 3.63) is 0 Å². The zero-order valence-electron chi connectivity index (χ0n) is 14.8. The molecule has 5 N–H and O–H groups in total. The van der Waals surface area contributed by atoms with Gasteiger partial charge in [0.05, 0.1) is 18.6 Å². The van der Waals surface area contributed by atoms with E-state index in [0.717, 1.165) is 19.4 Å². The van der Waals surface area contributed by atoms with Crippen molar-refractivity contribution in [1.82, 2.24) is 5.32 Å². The van der Waals surface area contributed by atoms with E-state index in [9.17, 15) is 15.0 Å². The summed E-state index contributed by atoms with van der Waals surface area (Å²) in [5.41, 5.74) is 5.29. The number of aliphatic hydroxyl groups is 2. The Kier molecular flexibility index (Phi) is 9.75. The number of carbonyl (C=O) groups excluding carboxylic acids is 1. The van der Waals surface area contributed by atoms with Crippen molar-refractivity contribution in [2.24, 2.45) is 23.5 Å². The van der Waals surface area contributed by atoms with Crippen LogP contribution in [0.4, 0.5) is 0 Å². The molecule has 0 bridgehead atoms. The maximum atomic E-state index is 11.3. The number of nitrogens with two attached hydrogens (primary N) is 1. The van der Waals surface area contributed by atoms with Gasteiger partial charge in [-0.2, -0.15) is 0 Å². The summed E-state index contributed by atoms with van der Waals surface area (Å²) in [6.45, 7) is 4.94. The van der Waals surface area contributed by atoms with Crippen molar-refractivity contribution < 1.29 is 15.0 Å². The van der Waals surface area contributed by atoms with Crippen LogP contribution in [0.1, 0.15) is 65.2 Å². The lowest BCUT2D eigenvalue weighted by molar-refractivity contribution is -0.124. The molecule has 136 valence electrons. The highest BCUT2D eigenvalue weighted by atomic mass is 16.3. The first-order chi connectivity index (χ1) is 10.9. The Balaban J connectivity index is 2.57. The van der Waals surface area contributed by atoms with Crippen LogP contribution in [-0.2, 0) is 4.79 Å². The van der Waals surface area contributed by atoms with Gasteiger partial charge in [-0.1, -0.05) is 46.0 Å². The number of hydrogen-bond acceptors (Lipinski definition) is 4. The van der Waals surface area contributed by atoms with Crippen LogP contribution >= 0.6 is 0 Å². The van der Waals surface area contributed by atoms with Crippen LogP contribution in [0.25, 0.3) is 0 Å². The number of rotatable bonds is 11. The van der Waals surface area contributed by atoms with Gasteiger partial charge in [0.2, 0.25) is 5.91 Å². The van der Waals surface area contributed by atoms with E-state index in [1.54, 1.807) is 0 Å². The molecule has 0 spiro atoms. The molecule has 1 saturated carbocycles. The van der Waals surface area contributed by atoms with E-state index in [-0.39, 0.29) is 19.1 Å². The van der Waals surface area contributed by atoms with Crippen molar-refractivity contribution >= 4 is 5.91 Å².